The maximum atomic E-state index is 14.1. The van der Waals surface area contributed by atoms with Crippen molar-refractivity contribution < 1.29 is 27.5 Å². The van der Waals surface area contributed by atoms with E-state index in [1.807, 2.05) is 5.32 Å². The average molecular weight is 473 g/mol. The number of allylic oxidation sites excluding steroid dienone is 1. The van der Waals surface area contributed by atoms with Crippen LogP contribution in [-0.2, 0) is 23.0 Å². The zero-order valence-corrected chi connectivity index (χ0v) is 18.7. The molecule has 2 rings (SSSR count). The summed E-state index contributed by atoms with van der Waals surface area (Å²) in [6, 6.07) is 4.41. The molecule has 1 heterocycles. The Bertz CT molecular complexity index is 1130. The Morgan fingerprint density at radius 1 is 1.39 bits per heavy atom. The molecule has 0 aliphatic heterocycles. The second kappa shape index (κ2) is 10.0. The Morgan fingerprint density at radius 3 is 2.61 bits per heavy atom. The Labute approximate surface area is 184 Å². The van der Waals surface area contributed by atoms with Crippen LogP contribution in [0.25, 0.3) is 0 Å². The predicted molar refractivity (Wildman–Crippen MR) is 113 cm³/mol. The fourth-order valence-corrected chi connectivity index (χ4v) is 4.25. The molecular weight excluding hydrogens is 451 g/mol. The van der Waals surface area contributed by atoms with Gasteiger partial charge in [-0.05, 0) is 30.7 Å². The number of carbonyl (C=O) groups excluding carboxylic acids is 1. The molecule has 1 aromatic carbocycles. The van der Waals surface area contributed by atoms with Crippen LogP contribution < -0.4 is 5.32 Å². The van der Waals surface area contributed by atoms with Gasteiger partial charge in [-0.25, -0.2) is 21.9 Å². The van der Waals surface area contributed by atoms with Crippen LogP contribution in [0.5, 0.6) is 0 Å². The number of nitrogens with one attached hydrogen (secondary N) is 1. The van der Waals surface area contributed by atoms with Crippen LogP contribution in [-0.4, -0.2) is 60.6 Å². The lowest BCUT2D eigenvalue weighted by Crippen LogP contribution is -2.22. The van der Waals surface area contributed by atoms with Gasteiger partial charge in [0.1, 0.15) is 16.4 Å². The molecule has 0 saturated carbocycles. The van der Waals surface area contributed by atoms with Crippen LogP contribution >= 0.6 is 11.6 Å². The summed E-state index contributed by atoms with van der Waals surface area (Å²) < 4.78 is 41.1. The molecule has 1 aromatic heterocycles. The van der Waals surface area contributed by atoms with Gasteiger partial charge in [0.05, 0.1) is 17.3 Å². The standard InChI is InChI=1S/C19H22ClFN4O5S/c1-12-15(9-14(21)6-7-22-19(27)28)17(11-26)25(23-12)10-13-4-5-18(16(20)8-13)31(29,30)24(2)3/h4-6,8,11,22H,7,9-10H2,1-3H3,(H,27,28)/b14-6-. The highest BCUT2D eigenvalue weighted by Crippen LogP contribution is 2.26. The maximum absolute atomic E-state index is 14.1. The zero-order valence-electron chi connectivity index (χ0n) is 17.1. The number of amides is 1. The molecule has 0 spiro atoms. The summed E-state index contributed by atoms with van der Waals surface area (Å²) in [6.45, 7) is 1.54. The normalized spacial score (nSPS) is 12.3. The summed E-state index contributed by atoms with van der Waals surface area (Å²) in [6.07, 6.45) is 0.139. The largest absolute Gasteiger partial charge is 0.465 e. The molecule has 9 nitrogen and oxygen atoms in total. The van der Waals surface area contributed by atoms with E-state index < -0.39 is 21.9 Å². The van der Waals surface area contributed by atoms with E-state index in [0.717, 1.165) is 10.4 Å². The van der Waals surface area contributed by atoms with E-state index in [0.29, 0.717) is 23.1 Å². The van der Waals surface area contributed by atoms with Crippen molar-refractivity contribution in [2.45, 2.75) is 24.8 Å². The molecule has 12 heteroatoms. The second-order valence-corrected chi connectivity index (χ2v) is 9.32. The van der Waals surface area contributed by atoms with Crippen LogP contribution in [0.2, 0.25) is 5.02 Å². The number of nitrogens with zero attached hydrogens (tertiary/aromatic N) is 3. The molecule has 2 N–H and O–H groups in total. The molecule has 0 atom stereocenters. The minimum absolute atomic E-state index is 0.0304. The Balaban J connectivity index is 2.29. The summed E-state index contributed by atoms with van der Waals surface area (Å²) in [5.41, 5.74) is 1.57. The molecule has 0 radical (unpaired) electrons. The lowest BCUT2D eigenvalue weighted by molar-refractivity contribution is 0.111. The monoisotopic (exact) mass is 472 g/mol. The smallest absolute Gasteiger partial charge is 0.404 e. The van der Waals surface area contributed by atoms with Gasteiger partial charge in [0.25, 0.3) is 0 Å². The predicted octanol–water partition coefficient (Wildman–Crippen LogP) is 2.62. The fraction of sp³-hybridized carbons (Fsp3) is 0.316. The Kier molecular flexibility index (Phi) is 7.93. The molecule has 0 fully saturated rings. The third kappa shape index (κ3) is 5.90. The van der Waals surface area contributed by atoms with E-state index >= 15 is 0 Å². The molecule has 31 heavy (non-hydrogen) atoms. The first-order valence-electron chi connectivity index (χ1n) is 9.01. The number of halogens is 2. The number of benzene rings is 1. The van der Waals surface area contributed by atoms with E-state index in [4.69, 9.17) is 16.7 Å². The molecule has 1 amide bonds. The van der Waals surface area contributed by atoms with E-state index in [1.165, 1.54) is 30.9 Å². The van der Waals surface area contributed by atoms with Crippen molar-refractivity contribution in [2.75, 3.05) is 20.6 Å². The van der Waals surface area contributed by atoms with Gasteiger partial charge in [0.2, 0.25) is 10.0 Å². The summed E-state index contributed by atoms with van der Waals surface area (Å²) >= 11 is 6.16. The quantitative estimate of drug-likeness (QED) is 0.541. The molecule has 0 bridgehead atoms. The first kappa shape index (κ1) is 24.5. The Hall–Kier alpha value is -2.76. The van der Waals surface area contributed by atoms with Crippen LogP contribution in [0, 0.1) is 6.92 Å². The van der Waals surface area contributed by atoms with E-state index in [1.54, 1.807) is 13.0 Å². The van der Waals surface area contributed by atoms with Crippen molar-refractivity contribution in [1.29, 1.82) is 0 Å². The van der Waals surface area contributed by atoms with Crippen molar-refractivity contribution >= 4 is 34.0 Å². The first-order chi connectivity index (χ1) is 14.5. The van der Waals surface area contributed by atoms with Crippen LogP contribution in [0.15, 0.2) is 35.0 Å². The Morgan fingerprint density at radius 2 is 2.06 bits per heavy atom. The van der Waals surface area contributed by atoms with E-state index in [-0.39, 0.29) is 35.1 Å². The molecular formula is C19H22ClFN4O5S. The van der Waals surface area contributed by atoms with Gasteiger partial charge in [0.15, 0.2) is 6.29 Å². The number of rotatable bonds is 9. The van der Waals surface area contributed by atoms with E-state index in [9.17, 15) is 22.4 Å². The molecule has 0 aliphatic carbocycles. The lowest BCUT2D eigenvalue weighted by Gasteiger charge is -2.13. The topological polar surface area (TPSA) is 122 Å². The highest BCUT2D eigenvalue weighted by molar-refractivity contribution is 7.89. The summed E-state index contributed by atoms with van der Waals surface area (Å²) in [7, 11) is -0.910. The highest BCUT2D eigenvalue weighted by atomic mass is 35.5. The number of aldehydes is 1. The van der Waals surface area contributed by atoms with Gasteiger partial charge in [-0.1, -0.05) is 17.7 Å². The second-order valence-electron chi connectivity index (χ2n) is 6.79. The van der Waals surface area contributed by atoms with Gasteiger partial charge < -0.3 is 10.4 Å². The van der Waals surface area contributed by atoms with Crippen molar-refractivity contribution in [1.82, 2.24) is 19.4 Å². The van der Waals surface area contributed by atoms with Gasteiger partial charge in [0, 0.05) is 32.6 Å². The summed E-state index contributed by atoms with van der Waals surface area (Å²) in [5, 5.41) is 14.9. The first-order valence-corrected chi connectivity index (χ1v) is 10.8. The number of hydrogen-bond donors (Lipinski definition) is 2. The number of aromatic nitrogens is 2. The third-order valence-electron chi connectivity index (χ3n) is 4.42. The van der Waals surface area contributed by atoms with Crippen molar-refractivity contribution in [3.8, 4) is 0 Å². The van der Waals surface area contributed by atoms with Gasteiger partial charge >= 0.3 is 6.09 Å². The number of aryl methyl sites for hydroxylation is 1. The zero-order chi connectivity index (χ0) is 23.3. The number of sulfonamides is 1. The highest BCUT2D eigenvalue weighted by Gasteiger charge is 2.21. The number of hydrogen-bond acceptors (Lipinski definition) is 5. The van der Waals surface area contributed by atoms with Crippen LogP contribution in [0.3, 0.4) is 0 Å². The van der Waals surface area contributed by atoms with Gasteiger partial charge in [-0.3, -0.25) is 9.48 Å². The van der Waals surface area contributed by atoms with Crippen molar-refractivity contribution in [2.24, 2.45) is 0 Å². The number of carbonyl (C=O) groups is 2. The summed E-state index contributed by atoms with van der Waals surface area (Å²) in [5.74, 6) is -0.610. The minimum Gasteiger partial charge on any atom is -0.465 e. The van der Waals surface area contributed by atoms with Crippen molar-refractivity contribution in [3.63, 3.8) is 0 Å². The average Bonchev–Trinajstić information content (AvgIpc) is 2.95. The molecule has 168 valence electrons. The van der Waals surface area contributed by atoms with E-state index in [2.05, 4.69) is 5.10 Å². The SMILES string of the molecule is Cc1nn(Cc2ccc(S(=O)(=O)N(C)C)c(Cl)c2)c(C=O)c1C/C(F)=C/CNC(=O)O. The maximum Gasteiger partial charge on any atom is 0.404 e. The molecule has 0 unspecified atom stereocenters. The molecule has 0 aliphatic rings. The summed E-state index contributed by atoms with van der Waals surface area (Å²) in [4.78, 5) is 22.1. The van der Waals surface area contributed by atoms with Crippen molar-refractivity contribution in [3.05, 3.63) is 57.6 Å². The molecule has 2 aromatic rings. The third-order valence-corrected chi connectivity index (χ3v) is 6.71. The van der Waals surface area contributed by atoms with Gasteiger partial charge in [-0.2, -0.15) is 5.10 Å². The number of carboxylic acid groups (broad SMARTS) is 1. The lowest BCUT2D eigenvalue weighted by atomic mass is 10.1. The fourth-order valence-electron chi connectivity index (χ4n) is 2.82. The van der Waals surface area contributed by atoms with Crippen LogP contribution in [0.4, 0.5) is 9.18 Å². The van der Waals surface area contributed by atoms with Crippen LogP contribution in [0.1, 0.15) is 27.3 Å². The molecule has 0 saturated heterocycles. The minimum atomic E-state index is -3.71. The van der Waals surface area contributed by atoms with Gasteiger partial charge in [-0.15, -0.1) is 0 Å².